The van der Waals surface area contributed by atoms with Gasteiger partial charge in [0.15, 0.2) is 0 Å². The summed E-state index contributed by atoms with van der Waals surface area (Å²) in [4.78, 5) is 4.22. The lowest BCUT2D eigenvalue weighted by molar-refractivity contribution is 0.467. The molecule has 82 valence electrons. The van der Waals surface area contributed by atoms with Crippen molar-refractivity contribution < 1.29 is 0 Å². The van der Waals surface area contributed by atoms with Crippen molar-refractivity contribution in [3.05, 3.63) is 23.4 Å². The summed E-state index contributed by atoms with van der Waals surface area (Å²) in [5, 5.41) is 4.43. The number of halogens is 2. The van der Waals surface area contributed by atoms with Gasteiger partial charge in [0.25, 0.3) is 0 Å². The number of pyridine rings is 1. The number of nitrogens with zero attached hydrogens (tertiary/aromatic N) is 1. The van der Waals surface area contributed by atoms with E-state index in [9.17, 15) is 0 Å². The molecular formula is C11H14Cl2N2. The molecule has 0 spiro atoms. The van der Waals surface area contributed by atoms with Crippen LogP contribution in [0.15, 0.2) is 18.3 Å². The minimum absolute atomic E-state index is 0.362. The smallest absolute Gasteiger partial charge is 0.126 e. The summed E-state index contributed by atoms with van der Waals surface area (Å²) >= 11 is 11.8. The van der Waals surface area contributed by atoms with Gasteiger partial charge in [-0.25, -0.2) is 4.98 Å². The SMILES string of the molecule is Clc1ccc(NC2CCC(Cl)CC2)nc1. The average molecular weight is 245 g/mol. The van der Waals surface area contributed by atoms with Crippen LogP contribution in [0.25, 0.3) is 0 Å². The molecule has 1 aliphatic carbocycles. The predicted molar refractivity (Wildman–Crippen MR) is 64.8 cm³/mol. The van der Waals surface area contributed by atoms with Crippen molar-refractivity contribution in [3.63, 3.8) is 0 Å². The van der Waals surface area contributed by atoms with Crippen LogP contribution in [0.1, 0.15) is 25.7 Å². The third-order valence-electron chi connectivity index (χ3n) is 2.74. The fourth-order valence-electron chi connectivity index (χ4n) is 1.87. The molecule has 0 radical (unpaired) electrons. The Labute approximate surface area is 100.0 Å². The molecule has 0 saturated heterocycles. The highest BCUT2D eigenvalue weighted by molar-refractivity contribution is 6.30. The summed E-state index contributed by atoms with van der Waals surface area (Å²) in [6.07, 6.45) is 6.09. The molecule has 15 heavy (non-hydrogen) atoms. The van der Waals surface area contributed by atoms with Crippen LogP contribution in [-0.4, -0.2) is 16.4 Å². The highest BCUT2D eigenvalue weighted by atomic mass is 35.5. The summed E-state index contributed by atoms with van der Waals surface area (Å²) in [6, 6.07) is 4.27. The van der Waals surface area contributed by atoms with Crippen LogP contribution in [0, 0.1) is 0 Å². The van der Waals surface area contributed by atoms with Crippen molar-refractivity contribution in [2.45, 2.75) is 37.1 Å². The summed E-state index contributed by atoms with van der Waals surface area (Å²) in [5.74, 6) is 0.900. The molecule has 0 atom stereocenters. The fraction of sp³-hybridized carbons (Fsp3) is 0.545. The zero-order valence-electron chi connectivity index (χ0n) is 8.42. The first-order valence-corrected chi connectivity index (χ1v) is 6.07. The molecule has 1 saturated carbocycles. The molecule has 1 N–H and O–H groups in total. The number of hydrogen-bond donors (Lipinski definition) is 1. The van der Waals surface area contributed by atoms with Gasteiger partial charge in [-0.15, -0.1) is 11.6 Å². The van der Waals surface area contributed by atoms with Crippen LogP contribution in [0.3, 0.4) is 0 Å². The Hall–Kier alpha value is -0.470. The highest BCUT2D eigenvalue weighted by Gasteiger charge is 2.19. The van der Waals surface area contributed by atoms with Crippen molar-refractivity contribution in [3.8, 4) is 0 Å². The van der Waals surface area contributed by atoms with E-state index in [1.54, 1.807) is 6.20 Å². The van der Waals surface area contributed by atoms with Gasteiger partial charge in [-0.2, -0.15) is 0 Å². The summed E-state index contributed by atoms with van der Waals surface area (Å²) < 4.78 is 0. The second-order valence-corrected chi connectivity index (χ2v) is 5.01. The number of rotatable bonds is 2. The Morgan fingerprint density at radius 3 is 2.53 bits per heavy atom. The van der Waals surface area contributed by atoms with Crippen LogP contribution in [0.5, 0.6) is 0 Å². The largest absolute Gasteiger partial charge is 0.367 e. The lowest BCUT2D eigenvalue weighted by Gasteiger charge is -2.26. The van der Waals surface area contributed by atoms with E-state index < -0.39 is 0 Å². The van der Waals surface area contributed by atoms with Crippen molar-refractivity contribution in [2.75, 3.05) is 5.32 Å². The summed E-state index contributed by atoms with van der Waals surface area (Å²) in [7, 11) is 0. The van der Waals surface area contributed by atoms with Crippen molar-refractivity contribution >= 4 is 29.0 Å². The van der Waals surface area contributed by atoms with E-state index in [1.807, 2.05) is 12.1 Å². The molecule has 4 heteroatoms. The number of alkyl halides is 1. The van der Waals surface area contributed by atoms with Gasteiger partial charge < -0.3 is 5.32 Å². The lowest BCUT2D eigenvalue weighted by Crippen LogP contribution is -2.26. The number of anilines is 1. The maximum Gasteiger partial charge on any atom is 0.126 e. The average Bonchev–Trinajstić information content (AvgIpc) is 2.25. The Kier molecular flexibility index (Phi) is 3.71. The molecule has 1 aromatic rings. The first kappa shape index (κ1) is 11.0. The van der Waals surface area contributed by atoms with Crippen molar-refractivity contribution in [2.24, 2.45) is 0 Å². The number of hydrogen-bond acceptors (Lipinski definition) is 2. The minimum Gasteiger partial charge on any atom is -0.367 e. The van der Waals surface area contributed by atoms with Crippen LogP contribution in [0.4, 0.5) is 5.82 Å². The highest BCUT2D eigenvalue weighted by Crippen LogP contribution is 2.25. The number of aromatic nitrogens is 1. The van der Waals surface area contributed by atoms with E-state index in [2.05, 4.69) is 10.3 Å². The van der Waals surface area contributed by atoms with Crippen LogP contribution < -0.4 is 5.32 Å². The van der Waals surface area contributed by atoms with Gasteiger partial charge in [0.05, 0.1) is 5.02 Å². The summed E-state index contributed by atoms with van der Waals surface area (Å²) in [5.41, 5.74) is 0. The Bertz CT molecular complexity index is 305. The second kappa shape index (κ2) is 5.04. The molecular weight excluding hydrogens is 231 g/mol. The molecule has 1 aliphatic rings. The molecule has 0 aromatic carbocycles. The maximum absolute atomic E-state index is 6.04. The van der Waals surface area contributed by atoms with Gasteiger partial charge in [-0.1, -0.05) is 11.6 Å². The molecule has 0 amide bonds. The van der Waals surface area contributed by atoms with Crippen LogP contribution in [-0.2, 0) is 0 Å². The van der Waals surface area contributed by atoms with Gasteiger partial charge in [0.1, 0.15) is 5.82 Å². The van der Waals surface area contributed by atoms with Gasteiger partial charge in [-0.05, 0) is 37.8 Å². The summed E-state index contributed by atoms with van der Waals surface area (Å²) in [6.45, 7) is 0. The molecule has 0 aliphatic heterocycles. The topological polar surface area (TPSA) is 24.9 Å². The third kappa shape index (κ3) is 3.25. The first-order chi connectivity index (χ1) is 7.24. The minimum atomic E-state index is 0.362. The van der Waals surface area contributed by atoms with E-state index in [0.29, 0.717) is 16.4 Å². The van der Waals surface area contributed by atoms with Crippen molar-refractivity contribution in [1.82, 2.24) is 4.98 Å². The van der Waals surface area contributed by atoms with Crippen molar-refractivity contribution in [1.29, 1.82) is 0 Å². The standard InChI is InChI=1S/C11H14Cl2N2/c12-8-1-4-10(5-2-8)15-11-6-3-9(13)7-14-11/h3,6-8,10H,1-2,4-5H2,(H,14,15). The van der Waals surface area contributed by atoms with Gasteiger partial charge in [0, 0.05) is 17.6 Å². The molecule has 2 rings (SSSR count). The first-order valence-electron chi connectivity index (χ1n) is 5.26. The third-order valence-corrected chi connectivity index (χ3v) is 3.40. The van der Waals surface area contributed by atoms with E-state index in [4.69, 9.17) is 23.2 Å². The van der Waals surface area contributed by atoms with Crippen LogP contribution in [0.2, 0.25) is 5.02 Å². The Morgan fingerprint density at radius 2 is 1.93 bits per heavy atom. The van der Waals surface area contributed by atoms with Gasteiger partial charge in [-0.3, -0.25) is 0 Å². The van der Waals surface area contributed by atoms with Gasteiger partial charge in [0.2, 0.25) is 0 Å². The molecule has 1 fully saturated rings. The van der Waals surface area contributed by atoms with E-state index >= 15 is 0 Å². The molecule has 1 heterocycles. The van der Waals surface area contributed by atoms with E-state index in [1.165, 1.54) is 0 Å². The fourth-order valence-corrected chi connectivity index (χ4v) is 2.23. The predicted octanol–water partition coefficient (Wildman–Crippen LogP) is 3.70. The molecule has 0 bridgehead atoms. The van der Waals surface area contributed by atoms with E-state index in [0.717, 1.165) is 31.5 Å². The number of nitrogens with one attached hydrogen (secondary N) is 1. The quantitative estimate of drug-likeness (QED) is 0.803. The van der Waals surface area contributed by atoms with Crippen LogP contribution >= 0.6 is 23.2 Å². The monoisotopic (exact) mass is 244 g/mol. The van der Waals surface area contributed by atoms with Gasteiger partial charge >= 0.3 is 0 Å². The maximum atomic E-state index is 6.04. The molecule has 0 unspecified atom stereocenters. The Morgan fingerprint density at radius 1 is 1.20 bits per heavy atom. The second-order valence-electron chi connectivity index (χ2n) is 3.95. The molecule has 1 aromatic heterocycles. The van der Waals surface area contributed by atoms with E-state index in [-0.39, 0.29) is 0 Å². The zero-order chi connectivity index (χ0) is 10.7. The lowest BCUT2D eigenvalue weighted by atomic mass is 9.95. The normalized spacial score (nSPS) is 26.3. The molecule has 2 nitrogen and oxygen atoms in total. The zero-order valence-corrected chi connectivity index (χ0v) is 9.93. The Balaban J connectivity index is 1.89.